The summed E-state index contributed by atoms with van der Waals surface area (Å²) in [5, 5.41) is 7.72. The zero-order chi connectivity index (χ0) is 19.2. The van der Waals surface area contributed by atoms with Crippen LogP contribution < -0.4 is 10.1 Å². The smallest absolute Gasteiger partial charge is 0.247 e. The lowest BCUT2D eigenvalue weighted by molar-refractivity contribution is 0.0593. The van der Waals surface area contributed by atoms with E-state index < -0.39 is 0 Å². The highest BCUT2D eigenvalue weighted by atomic mass is 16.5. The second kappa shape index (κ2) is 8.84. The highest BCUT2D eigenvalue weighted by molar-refractivity contribution is 5.58. The summed E-state index contributed by atoms with van der Waals surface area (Å²) in [5.74, 6) is 1.96. The Balaban J connectivity index is 1.38. The molecule has 3 heterocycles. The van der Waals surface area contributed by atoms with Crippen LogP contribution in [0.1, 0.15) is 25.0 Å². The van der Waals surface area contributed by atoms with Crippen molar-refractivity contribution in [1.82, 2.24) is 19.7 Å². The molecule has 1 aromatic carbocycles. The van der Waals surface area contributed by atoms with E-state index in [1.54, 1.807) is 17.2 Å². The molecule has 1 fully saturated rings. The van der Waals surface area contributed by atoms with Gasteiger partial charge in [0.25, 0.3) is 0 Å². The summed E-state index contributed by atoms with van der Waals surface area (Å²) in [7, 11) is 0. The number of aryl methyl sites for hydroxylation is 1. The molecule has 0 amide bonds. The molecule has 0 atom stereocenters. The van der Waals surface area contributed by atoms with Crippen LogP contribution in [0.15, 0.2) is 48.9 Å². The predicted octanol–water partition coefficient (Wildman–Crippen LogP) is 3.91. The highest BCUT2D eigenvalue weighted by Crippen LogP contribution is 2.24. The number of hydrogen-bond acceptors (Lipinski definition) is 6. The third kappa shape index (κ3) is 4.67. The van der Waals surface area contributed by atoms with Gasteiger partial charge in [0.1, 0.15) is 12.1 Å². The second-order valence-electron chi connectivity index (χ2n) is 6.97. The van der Waals surface area contributed by atoms with Crippen molar-refractivity contribution in [3.8, 4) is 11.4 Å². The standard InChI is InChI=1S/C21H25N5O2/c1-16-20(24-21-23-15-26(25-21)18-5-3-2-4-6-18)13-19(14-22-16)28-12-9-17-7-10-27-11-8-17/h2-6,13-15,17H,7-12H2,1H3,(H,24,25). The Morgan fingerprint density at radius 1 is 1.18 bits per heavy atom. The first kappa shape index (κ1) is 18.4. The summed E-state index contributed by atoms with van der Waals surface area (Å²) in [6.07, 6.45) is 6.74. The monoisotopic (exact) mass is 379 g/mol. The molecule has 7 nitrogen and oxygen atoms in total. The number of aromatic nitrogens is 4. The van der Waals surface area contributed by atoms with Gasteiger partial charge < -0.3 is 14.8 Å². The SMILES string of the molecule is Cc1ncc(OCCC2CCOCC2)cc1Nc1ncn(-c2ccccc2)n1. The Bertz CT molecular complexity index is 891. The Labute approximate surface area is 164 Å². The van der Waals surface area contributed by atoms with Gasteiger partial charge in [0.15, 0.2) is 0 Å². The van der Waals surface area contributed by atoms with Crippen molar-refractivity contribution >= 4 is 11.6 Å². The molecule has 1 saturated heterocycles. The summed E-state index contributed by atoms with van der Waals surface area (Å²) in [5.41, 5.74) is 2.67. The van der Waals surface area contributed by atoms with Crippen molar-refractivity contribution in [3.05, 3.63) is 54.6 Å². The Hall–Kier alpha value is -2.93. The number of anilines is 2. The highest BCUT2D eigenvalue weighted by Gasteiger charge is 2.14. The Kier molecular flexibility index (Phi) is 5.82. The molecule has 0 radical (unpaired) electrons. The summed E-state index contributed by atoms with van der Waals surface area (Å²) in [4.78, 5) is 8.78. The number of para-hydroxylation sites is 1. The average Bonchev–Trinajstić information content (AvgIpc) is 3.20. The number of pyridine rings is 1. The van der Waals surface area contributed by atoms with Gasteiger partial charge in [0.2, 0.25) is 5.95 Å². The normalized spacial score (nSPS) is 14.8. The van der Waals surface area contributed by atoms with Crippen LogP contribution >= 0.6 is 0 Å². The number of nitrogens with zero attached hydrogens (tertiary/aromatic N) is 4. The molecule has 3 aromatic rings. The number of rotatable bonds is 7. The first-order valence-corrected chi connectivity index (χ1v) is 9.69. The molecule has 7 heteroatoms. The van der Waals surface area contributed by atoms with Crippen LogP contribution in [-0.4, -0.2) is 39.6 Å². The zero-order valence-electron chi connectivity index (χ0n) is 16.0. The van der Waals surface area contributed by atoms with Crippen molar-refractivity contribution in [1.29, 1.82) is 0 Å². The minimum absolute atomic E-state index is 0.521. The molecule has 0 aliphatic carbocycles. The molecule has 0 bridgehead atoms. The number of benzene rings is 1. The van der Waals surface area contributed by atoms with Gasteiger partial charge in [-0.25, -0.2) is 4.68 Å². The van der Waals surface area contributed by atoms with Crippen molar-refractivity contribution in [2.45, 2.75) is 26.2 Å². The average molecular weight is 379 g/mol. The third-order valence-corrected chi connectivity index (χ3v) is 4.96. The molecular formula is C21H25N5O2. The fraction of sp³-hybridized carbons (Fsp3) is 0.381. The van der Waals surface area contributed by atoms with E-state index >= 15 is 0 Å². The van der Waals surface area contributed by atoms with Gasteiger partial charge in [-0.3, -0.25) is 4.98 Å². The van der Waals surface area contributed by atoms with Crippen LogP contribution in [-0.2, 0) is 4.74 Å². The Morgan fingerprint density at radius 2 is 2.00 bits per heavy atom. The van der Waals surface area contributed by atoms with Crippen molar-refractivity contribution < 1.29 is 9.47 Å². The Morgan fingerprint density at radius 3 is 2.82 bits per heavy atom. The molecule has 4 rings (SSSR count). The van der Waals surface area contributed by atoms with E-state index in [9.17, 15) is 0 Å². The van der Waals surface area contributed by atoms with Crippen LogP contribution in [0.4, 0.5) is 11.6 Å². The van der Waals surface area contributed by atoms with Gasteiger partial charge >= 0.3 is 0 Å². The van der Waals surface area contributed by atoms with Crippen molar-refractivity contribution in [3.63, 3.8) is 0 Å². The van der Waals surface area contributed by atoms with Crippen LogP contribution in [0.2, 0.25) is 0 Å². The van der Waals surface area contributed by atoms with Crippen LogP contribution in [0, 0.1) is 12.8 Å². The molecule has 1 aliphatic rings. The van der Waals surface area contributed by atoms with Gasteiger partial charge in [0.05, 0.1) is 29.9 Å². The maximum absolute atomic E-state index is 5.93. The van der Waals surface area contributed by atoms with E-state index in [1.807, 2.05) is 43.3 Å². The lowest BCUT2D eigenvalue weighted by Gasteiger charge is -2.21. The largest absolute Gasteiger partial charge is 0.492 e. The molecule has 28 heavy (non-hydrogen) atoms. The minimum Gasteiger partial charge on any atom is -0.492 e. The van der Waals surface area contributed by atoms with Crippen LogP contribution in [0.25, 0.3) is 5.69 Å². The number of hydrogen-bond donors (Lipinski definition) is 1. The summed E-state index contributed by atoms with van der Waals surface area (Å²) < 4.78 is 13.1. The van der Waals surface area contributed by atoms with Crippen molar-refractivity contribution in [2.24, 2.45) is 5.92 Å². The molecular weight excluding hydrogens is 354 g/mol. The third-order valence-electron chi connectivity index (χ3n) is 4.96. The summed E-state index contributed by atoms with van der Waals surface area (Å²) >= 11 is 0. The van der Waals surface area contributed by atoms with Gasteiger partial charge in [-0.1, -0.05) is 18.2 Å². The van der Waals surface area contributed by atoms with Crippen molar-refractivity contribution in [2.75, 3.05) is 25.1 Å². The fourth-order valence-electron chi connectivity index (χ4n) is 3.24. The molecule has 0 unspecified atom stereocenters. The molecule has 146 valence electrons. The first-order valence-electron chi connectivity index (χ1n) is 9.69. The molecule has 2 aromatic heterocycles. The minimum atomic E-state index is 0.521. The van der Waals surface area contributed by atoms with E-state index in [-0.39, 0.29) is 0 Å². The van der Waals surface area contributed by atoms with Gasteiger partial charge in [0, 0.05) is 19.3 Å². The number of ether oxygens (including phenoxy) is 2. The van der Waals surface area contributed by atoms with Gasteiger partial charge in [-0.2, -0.15) is 4.98 Å². The molecule has 0 spiro atoms. The summed E-state index contributed by atoms with van der Waals surface area (Å²) in [6, 6.07) is 11.8. The quantitative estimate of drug-likeness (QED) is 0.671. The number of nitrogens with one attached hydrogen (secondary N) is 1. The van der Waals surface area contributed by atoms with Gasteiger partial charge in [-0.15, -0.1) is 5.10 Å². The maximum atomic E-state index is 5.93. The van der Waals surface area contributed by atoms with Gasteiger partial charge in [-0.05, 0) is 44.2 Å². The van der Waals surface area contributed by atoms with E-state index in [4.69, 9.17) is 9.47 Å². The van der Waals surface area contributed by atoms with Crippen LogP contribution in [0.3, 0.4) is 0 Å². The van der Waals surface area contributed by atoms with E-state index in [1.165, 1.54) is 0 Å². The fourth-order valence-corrected chi connectivity index (χ4v) is 3.24. The first-order chi connectivity index (χ1) is 13.8. The predicted molar refractivity (Wildman–Crippen MR) is 107 cm³/mol. The lowest BCUT2D eigenvalue weighted by atomic mass is 9.97. The molecule has 0 saturated carbocycles. The lowest BCUT2D eigenvalue weighted by Crippen LogP contribution is -2.17. The topological polar surface area (TPSA) is 74.1 Å². The van der Waals surface area contributed by atoms with E-state index in [0.717, 1.165) is 55.3 Å². The van der Waals surface area contributed by atoms with E-state index in [2.05, 4.69) is 20.4 Å². The molecule has 1 N–H and O–H groups in total. The summed E-state index contributed by atoms with van der Waals surface area (Å²) in [6.45, 7) is 4.37. The molecule has 1 aliphatic heterocycles. The van der Waals surface area contributed by atoms with Crippen LogP contribution in [0.5, 0.6) is 5.75 Å². The second-order valence-corrected chi connectivity index (χ2v) is 6.97. The maximum Gasteiger partial charge on any atom is 0.247 e. The van der Waals surface area contributed by atoms with E-state index in [0.29, 0.717) is 18.5 Å². The zero-order valence-corrected chi connectivity index (χ0v) is 16.0.